The summed E-state index contributed by atoms with van der Waals surface area (Å²) >= 11 is 6.36. The Hall–Kier alpha value is 0.250. The highest BCUT2D eigenvalue weighted by atomic mass is 35.5. The van der Waals surface area contributed by atoms with Gasteiger partial charge in [0.05, 0.1) is 19.1 Å². The molecule has 2 heteroatoms. The van der Waals surface area contributed by atoms with Gasteiger partial charge in [-0.05, 0) is 51.4 Å². The van der Waals surface area contributed by atoms with Crippen molar-refractivity contribution in [2.75, 3.05) is 13.1 Å². The highest BCUT2D eigenvalue weighted by Gasteiger charge is 2.37. The lowest BCUT2D eigenvalue weighted by Gasteiger charge is -2.43. The number of hydrogen-bond donors (Lipinski definition) is 1. The number of rotatable bonds is 2. The molecule has 0 aromatic heterocycles. The first-order chi connectivity index (χ1) is 8.83. The highest BCUT2D eigenvalue weighted by molar-refractivity contribution is 6.20. The number of fused-ring (bicyclic) bond motifs is 1. The molecule has 3 aliphatic rings. The molecule has 0 bridgehead atoms. The summed E-state index contributed by atoms with van der Waals surface area (Å²) in [6, 6.07) is 1.02. The molecule has 3 fully saturated rings. The van der Waals surface area contributed by atoms with Crippen LogP contribution in [0.5, 0.6) is 0 Å². The van der Waals surface area contributed by atoms with Gasteiger partial charge < -0.3 is 4.90 Å². The van der Waals surface area contributed by atoms with Crippen LogP contribution in [0.25, 0.3) is 0 Å². The second-order valence-electron chi connectivity index (χ2n) is 7.04. The Morgan fingerprint density at radius 2 is 1.72 bits per heavy atom. The predicted molar refractivity (Wildman–Crippen MR) is 77.3 cm³/mol. The number of nitrogens with one attached hydrogen (secondary N) is 1. The van der Waals surface area contributed by atoms with Crippen LogP contribution in [-0.2, 0) is 0 Å². The van der Waals surface area contributed by atoms with Gasteiger partial charge in [-0.25, -0.2) is 0 Å². The number of hydrogen-bond acceptors (Lipinski definition) is 0. The standard InChI is InChI=1S/C16H28ClN/c17-15-8-3-5-13(11-15)12-18-10-4-7-14-6-1-2-9-16(14)18/h13-16H,1-12H2/p+1. The van der Waals surface area contributed by atoms with E-state index in [1.807, 2.05) is 4.90 Å². The predicted octanol–water partition coefficient (Wildman–Crippen LogP) is 3.02. The van der Waals surface area contributed by atoms with E-state index in [9.17, 15) is 0 Å². The van der Waals surface area contributed by atoms with E-state index in [0.29, 0.717) is 5.38 Å². The van der Waals surface area contributed by atoms with Gasteiger partial charge in [0.25, 0.3) is 0 Å². The van der Waals surface area contributed by atoms with E-state index in [0.717, 1.165) is 17.9 Å². The summed E-state index contributed by atoms with van der Waals surface area (Å²) in [7, 11) is 0. The SMILES string of the molecule is ClC1CCCC(C[NH+]2CCCC3CCCCC32)C1. The lowest BCUT2D eigenvalue weighted by molar-refractivity contribution is -0.939. The molecule has 2 saturated carbocycles. The van der Waals surface area contributed by atoms with Crippen LogP contribution >= 0.6 is 11.6 Å². The first-order valence-electron chi connectivity index (χ1n) is 8.31. The summed E-state index contributed by atoms with van der Waals surface area (Å²) in [6.07, 6.45) is 14.4. The van der Waals surface area contributed by atoms with Gasteiger partial charge in [-0.1, -0.05) is 12.8 Å². The number of likely N-dealkylation sites (tertiary alicyclic amines) is 1. The van der Waals surface area contributed by atoms with E-state index in [-0.39, 0.29) is 0 Å². The van der Waals surface area contributed by atoms with Crippen molar-refractivity contribution >= 4 is 11.6 Å². The molecule has 0 radical (unpaired) electrons. The van der Waals surface area contributed by atoms with Gasteiger partial charge in [0.1, 0.15) is 0 Å². The van der Waals surface area contributed by atoms with E-state index < -0.39 is 0 Å². The van der Waals surface area contributed by atoms with Crippen molar-refractivity contribution in [2.24, 2.45) is 11.8 Å². The van der Waals surface area contributed by atoms with Gasteiger partial charge in [-0.15, -0.1) is 11.6 Å². The van der Waals surface area contributed by atoms with Gasteiger partial charge in [-0.3, -0.25) is 0 Å². The zero-order valence-corrected chi connectivity index (χ0v) is 12.4. The van der Waals surface area contributed by atoms with Gasteiger partial charge in [0.2, 0.25) is 0 Å². The van der Waals surface area contributed by atoms with Crippen LogP contribution in [0.1, 0.15) is 64.2 Å². The van der Waals surface area contributed by atoms with Gasteiger partial charge >= 0.3 is 0 Å². The lowest BCUT2D eigenvalue weighted by Crippen LogP contribution is -3.18. The largest absolute Gasteiger partial charge is 0.332 e. The Kier molecular flexibility index (Phi) is 4.51. The molecule has 1 nitrogen and oxygen atoms in total. The maximum absolute atomic E-state index is 6.36. The van der Waals surface area contributed by atoms with Crippen molar-refractivity contribution in [1.82, 2.24) is 0 Å². The molecule has 0 aromatic rings. The van der Waals surface area contributed by atoms with Crippen LogP contribution < -0.4 is 4.90 Å². The van der Waals surface area contributed by atoms with Crippen LogP contribution in [0.3, 0.4) is 0 Å². The maximum atomic E-state index is 6.36. The molecular formula is C16H29ClN+. The van der Waals surface area contributed by atoms with E-state index in [1.165, 1.54) is 77.3 Å². The lowest BCUT2D eigenvalue weighted by atomic mass is 9.77. The number of piperidine rings is 1. The molecular weight excluding hydrogens is 242 g/mol. The van der Waals surface area contributed by atoms with Crippen LogP contribution in [-0.4, -0.2) is 24.5 Å². The Labute approximate surface area is 117 Å². The highest BCUT2D eigenvalue weighted by Crippen LogP contribution is 2.30. The summed E-state index contributed by atoms with van der Waals surface area (Å²) in [5.41, 5.74) is 0. The third-order valence-corrected chi connectivity index (χ3v) is 6.17. The van der Waals surface area contributed by atoms with Crippen molar-refractivity contribution in [3.05, 3.63) is 0 Å². The van der Waals surface area contributed by atoms with Gasteiger partial charge in [0, 0.05) is 17.2 Å². The van der Waals surface area contributed by atoms with Crippen molar-refractivity contribution in [2.45, 2.75) is 75.6 Å². The first kappa shape index (κ1) is 13.2. The topological polar surface area (TPSA) is 4.44 Å². The molecule has 2 aliphatic carbocycles. The van der Waals surface area contributed by atoms with Crippen molar-refractivity contribution < 1.29 is 4.90 Å². The minimum absolute atomic E-state index is 0.482. The van der Waals surface area contributed by atoms with Crippen molar-refractivity contribution in [3.8, 4) is 0 Å². The molecule has 3 rings (SSSR count). The quantitative estimate of drug-likeness (QED) is 0.736. The summed E-state index contributed by atoms with van der Waals surface area (Å²) in [5.74, 6) is 2.00. The number of quaternary nitrogens is 1. The molecule has 0 spiro atoms. The fourth-order valence-electron chi connectivity index (χ4n) is 4.90. The normalized spacial score (nSPS) is 45.5. The average Bonchev–Trinajstić information content (AvgIpc) is 2.39. The molecule has 1 N–H and O–H groups in total. The van der Waals surface area contributed by atoms with Gasteiger partial charge in [0.15, 0.2) is 0 Å². The van der Waals surface area contributed by atoms with Crippen LogP contribution in [0.4, 0.5) is 0 Å². The maximum Gasteiger partial charge on any atom is 0.0903 e. The fourth-order valence-corrected chi connectivity index (χ4v) is 5.31. The fraction of sp³-hybridized carbons (Fsp3) is 1.00. The van der Waals surface area contributed by atoms with Gasteiger partial charge in [-0.2, -0.15) is 0 Å². The molecule has 0 amide bonds. The summed E-state index contributed by atoms with van der Waals surface area (Å²) in [6.45, 7) is 2.88. The number of alkyl halides is 1. The molecule has 0 aromatic carbocycles. The molecule has 1 heterocycles. The molecule has 1 aliphatic heterocycles. The minimum Gasteiger partial charge on any atom is -0.332 e. The number of halogens is 1. The van der Waals surface area contributed by atoms with Crippen LogP contribution in [0, 0.1) is 11.8 Å². The molecule has 1 saturated heterocycles. The smallest absolute Gasteiger partial charge is 0.0903 e. The minimum atomic E-state index is 0.482. The third kappa shape index (κ3) is 3.04. The summed E-state index contributed by atoms with van der Waals surface area (Å²) in [4.78, 5) is 1.96. The molecule has 18 heavy (non-hydrogen) atoms. The van der Waals surface area contributed by atoms with E-state index in [1.54, 1.807) is 0 Å². The summed E-state index contributed by atoms with van der Waals surface area (Å²) < 4.78 is 0. The average molecular weight is 271 g/mol. The van der Waals surface area contributed by atoms with Crippen LogP contribution in [0.2, 0.25) is 0 Å². The Morgan fingerprint density at radius 1 is 0.889 bits per heavy atom. The first-order valence-corrected chi connectivity index (χ1v) is 8.75. The van der Waals surface area contributed by atoms with Crippen molar-refractivity contribution in [3.63, 3.8) is 0 Å². The molecule has 104 valence electrons. The Balaban J connectivity index is 1.57. The Bertz CT molecular complexity index is 266. The second kappa shape index (κ2) is 6.13. The zero-order chi connectivity index (χ0) is 12.4. The van der Waals surface area contributed by atoms with Crippen molar-refractivity contribution in [1.29, 1.82) is 0 Å². The zero-order valence-electron chi connectivity index (χ0n) is 11.7. The monoisotopic (exact) mass is 270 g/mol. The van der Waals surface area contributed by atoms with E-state index in [2.05, 4.69) is 0 Å². The van der Waals surface area contributed by atoms with E-state index >= 15 is 0 Å². The Morgan fingerprint density at radius 3 is 2.61 bits per heavy atom. The molecule has 5 atom stereocenters. The second-order valence-corrected chi connectivity index (χ2v) is 7.65. The summed E-state index contributed by atoms with van der Waals surface area (Å²) in [5, 5.41) is 0.482. The third-order valence-electron chi connectivity index (χ3n) is 5.78. The van der Waals surface area contributed by atoms with Crippen LogP contribution in [0.15, 0.2) is 0 Å². The van der Waals surface area contributed by atoms with E-state index in [4.69, 9.17) is 11.6 Å². The molecule has 5 unspecified atom stereocenters.